The predicted molar refractivity (Wildman–Crippen MR) is 70.7 cm³/mol. The fourth-order valence-electron chi connectivity index (χ4n) is 1.90. The van der Waals surface area contributed by atoms with Crippen LogP contribution in [-0.4, -0.2) is 34.0 Å². The van der Waals surface area contributed by atoms with Gasteiger partial charge >= 0.3 is 0 Å². The van der Waals surface area contributed by atoms with Crippen LogP contribution in [0.25, 0.3) is 0 Å². The van der Waals surface area contributed by atoms with Gasteiger partial charge in [-0.3, -0.25) is 4.79 Å². The number of nitrogens with zero attached hydrogens (tertiary/aromatic N) is 3. The van der Waals surface area contributed by atoms with Crippen molar-refractivity contribution in [2.75, 3.05) is 24.1 Å². The number of nitrogen functional groups attached to an aromatic ring is 1. The molecule has 8 heteroatoms. The van der Waals surface area contributed by atoms with Crippen LogP contribution in [0.1, 0.15) is 16.4 Å². The normalized spacial score (nSPS) is 14.8. The van der Waals surface area contributed by atoms with E-state index in [0.717, 1.165) is 13.1 Å². The fraction of sp³-hybridized carbons (Fsp3) is 0.250. The van der Waals surface area contributed by atoms with Gasteiger partial charge in [0.2, 0.25) is 0 Å². The molecule has 1 aliphatic rings. The number of carbonyl (C=O) groups excluding carboxylic acids is 1. The fourth-order valence-corrected chi connectivity index (χ4v) is 1.90. The van der Waals surface area contributed by atoms with Crippen LogP contribution in [0.2, 0.25) is 0 Å². The molecule has 1 aromatic heterocycles. The molecule has 0 saturated carbocycles. The van der Waals surface area contributed by atoms with E-state index in [-0.39, 0.29) is 23.1 Å². The molecule has 1 fully saturated rings. The Morgan fingerprint density at radius 3 is 2.95 bits per heavy atom. The molecule has 4 N–H and O–H groups in total. The van der Waals surface area contributed by atoms with Gasteiger partial charge in [0, 0.05) is 18.8 Å². The second-order valence-corrected chi connectivity index (χ2v) is 4.52. The van der Waals surface area contributed by atoms with E-state index in [4.69, 9.17) is 5.73 Å². The van der Waals surface area contributed by atoms with E-state index in [1.54, 1.807) is 0 Å². The lowest BCUT2D eigenvalue weighted by Gasteiger charge is -2.25. The zero-order valence-electron chi connectivity index (χ0n) is 10.5. The van der Waals surface area contributed by atoms with Gasteiger partial charge in [-0.05, 0) is 12.1 Å². The zero-order chi connectivity index (χ0) is 14.1. The highest BCUT2D eigenvalue weighted by atomic mass is 19.1. The average molecular weight is 276 g/mol. The number of nitrogens with two attached hydrogens (primary N) is 1. The standard InChI is InChI=1S/C12H13FN6O/c13-8-2-1-3-9(14)11(8)12(20)17-10-6-16-19(18-10)7-4-15-5-7/h1-3,6-7,15H,4-5,14H2,(H,17,18,20). The molecule has 3 rings (SSSR count). The van der Waals surface area contributed by atoms with Crippen LogP contribution < -0.4 is 16.4 Å². The largest absolute Gasteiger partial charge is 0.398 e. The second-order valence-electron chi connectivity index (χ2n) is 4.52. The van der Waals surface area contributed by atoms with Gasteiger partial charge in [-0.2, -0.15) is 9.90 Å². The molecule has 0 radical (unpaired) electrons. The zero-order valence-corrected chi connectivity index (χ0v) is 10.5. The van der Waals surface area contributed by atoms with Crippen molar-refractivity contribution < 1.29 is 9.18 Å². The summed E-state index contributed by atoms with van der Waals surface area (Å²) >= 11 is 0. The molecular formula is C12H13FN6O. The van der Waals surface area contributed by atoms with E-state index in [9.17, 15) is 9.18 Å². The minimum atomic E-state index is -0.668. The van der Waals surface area contributed by atoms with Gasteiger partial charge in [0.25, 0.3) is 5.91 Å². The van der Waals surface area contributed by atoms with E-state index in [1.165, 1.54) is 29.2 Å². The SMILES string of the molecule is Nc1cccc(F)c1C(=O)Nc1cnn(C2CNC2)n1. The van der Waals surface area contributed by atoms with Crippen LogP contribution in [0, 0.1) is 5.82 Å². The van der Waals surface area contributed by atoms with Crippen LogP contribution >= 0.6 is 0 Å². The highest BCUT2D eigenvalue weighted by Crippen LogP contribution is 2.17. The van der Waals surface area contributed by atoms with Crippen LogP contribution in [0.4, 0.5) is 15.9 Å². The van der Waals surface area contributed by atoms with Crippen LogP contribution in [0.3, 0.4) is 0 Å². The summed E-state index contributed by atoms with van der Waals surface area (Å²) in [6.45, 7) is 1.59. The number of carbonyl (C=O) groups is 1. The third kappa shape index (κ3) is 2.21. The highest BCUT2D eigenvalue weighted by Gasteiger charge is 2.22. The molecule has 0 spiro atoms. The van der Waals surface area contributed by atoms with Gasteiger partial charge in [-0.15, -0.1) is 5.10 Å². The van der Waals surface area contributed by atoms with Gasteiger partial charge in [0.15, 0.2) is 5.82 Å². The molecule has 0 atom stereocenters. The number of rotatable bonds is 3. The number of hydrogen-bond acceptors (Lipinski definition) is 5. The summed E-state index contributed by atoms with van der Waals surface area (Å²) in [4.78, 5) is 13.5. The van der Waals surface area contributed by atoms with Crippen molar-refractivity contribution in [3.8, 4) is 0 Å². The quantitative estimate of drug-likeness (QED) is 0.705. The summed E-state index contributed by atoms with van der Waals surface area (Å²) in [7, 11) is 0. The van der Waals surface area contributed by atoms with Crippen molar-refractivity contribution in [1.82, 2.24) is 20.3 Å². The molecule has 1 aromatic carbocycles. The minimum Gasteiger partial charge on any atom is -0.398 e. The van der Waals surface area contributed by atoms with Gasteiger partial charge in [-0.1, -0.05) is 6.07 Å². The Morgan fingerprint density at radius 1 is 1.50 bits per heavy atom. The van der Waals surface area contributed by atoms with Crippen molar-refractivity contribution >= 4 is 17.4 Å². The number of aromatic nitrogens is 3. The van der Waals surface area contributed by atoms with Crippen molar-refractivity contribution in [2.24, 2.45) is 0 Å². The Morgan fingerprint density at radius 2 is 2.30 bits per heavy atom. The van der Waals surface area contributed by atoms with Gasteiger partial charge in [0.05, 0.1) is 17.8 Å². The molecule has 20 heavy (non-hydrogen) atoms. The molecular weight excluding hydrogens is 263 g/mol. The van der Waals surface area contributed by atoms with Crippen LogP contribution in [0.5, 0.6) is 0 Å². The molecule has 0 unspecified atom stereocenters. The monoisotopic (exact) mass is 276 g/mol. The summed E-state index contributed by atoms with van der Waals surface area (Å²) < 4.78 is 13.6. The summed E-state index contributed by atoms with van der Waals surface area (Å²) in [6, 6.07) is 4.29. The average Bonchev–Trinajstić information content (AvgIpc) is 2.74. The third-order valence-electron chi connectivity index (χ3n) is 3.11. The van der Waals surface area contributed by atoms with E-state index in [1.807, 2.05) is 0 Å². The lowest BCUT2D eigenvalue weighted by Crippen LogP contribution is -2.44. The molecule has 1 amide bonds. The smallest absolute Gasteiger partial charge is 0.261 e. The maximum Gasteiger partial charge on any atom is 0.261 e. The summed E-state index contributed by atoms with van der Waals surface area (Å²) in [5.41, 5.74) is 5.50. The Hall–Kier alpha value is -2.48. The Kier molecular flexibility index (Phi) is 3.07. The van der Waals surface area contributed by atoms with Crippen molar-refractivity contribution in [1.29, 1.82) is 0 Å². The first-order valence-corrected chi connectivity index (χ1v) is 6.13. The van der Waals surface area contributed by atoms with Crippen LogP contribution in [0.15, 0.2) is 24.4 Å². The van der Waals surface area contributed by atoms with E-state index in [0.29, 0.717) is 0 Å². The first-order valence-electron chi connectivity index (χ1n) is 6.13. The molecule has 104 valence electrons. The maximum absolute atomic E-state index is 13.6. The molecule has 0 bridgehead atoms. The lowest BCUT2D eigenvalue weighted by molar-refractivity contribution is 0.102. The third-order valence-corrected chi connectivity index (χ3v) is 3.11. The molecule has 1 aliphatic heterocycles. The van der Waals surface area contributed by atoms with Gasteiger partial charge < -0.3 is 16.4 Å². The predicted octanol–water partition coefficient (Wildman–Crippen LogP) is 0.396. The summed E-state index contributed by atoms with van der Waals surface area (Å²) in [5.74, 6) is -1.04. The van der Waals surface area contributed by atoms with Crippen molar-refractivity contribution in [3.63, 3.8) is 0 Å². The molecule has 0 aliphatic carbocycles. The summed E-state index contributed by atoms with van der Waals surface area (Å²) in [5, 5.41) is 13.8. The number of benzene rings is 1. The number of hydrogen-bond donors (Lipinski definition) is 3. The number of amides is 1. The van der Waals surface area contributed by atoms with Crippen molar-refractivity contribution in [3.05, 3.63) is 35.8 Å². The topological polar surface area (TPSA) is 97.9 Å². The Labute approximate surface area is 114 Å². The van der Waals surface area contributed by atoms with E-state index in [2.05, 4.69) is 20.8 Å². The highest BCUT2D eigenvalue weighted by molar-refractivity contribution is 6.07. The number of halogens is 1. The van der Waals surface area contributed by atoms with Gasteiger partial charge in [-0.25, -0.2) is 4.39 Å². The number of nitrogens with one attached hydrogen (secondary N) is 2. The van der Waals surface area contributed by atoms with E-state index < -0.39 is 11.7 Å². The lowest BCUT2D eigenvalue weighted by atomic mass is 10.1. The first kappa shape index (κ1) is 12.5. The summed E-state index contributed by atoms with van der Waals surface area (Å²) in [6.07, 6.45) is 1.42. The molecule has 1 saturated heterocycles. The Balaban J connectivity index is 1.77. The van der Waals surface area contributed by atoms with Crippen LogP contribution in [-0.2, 0) is 0 Å². The van der Waals surface area contributed by atoms with Gasteiger partial charge in [0.1, 0.15) is 5.82 Å². The second kappa shape index (κ2) is 4.89. The molecule has 2 heterocycles. The molecule has 2 aromatic rings. The molecule has 7 nitrogen and oxygen atoms in total. The Bertz CT molecular complexity index is 631. The van der Waals surface area contributed by atoms with E-state index >= 15 is 0 Å². The maximum atomic E-state index is 13.6. The first-order chi connectivity index (χ1) is 9.65. The van der Waals surface area contributed by atoms with Crippen molar-refractivity contribution in [2.45, 2.75) is 6.04 Å². The number of anilines is 2. The minimum absolute atomic E-state index is 0.0816.